The van der Waals surface area contributed by atoms with Gasteiger partial charge in [0.15, 0.2) is 0 Å². The van der Waals surface area contributed by atoms with Gasteiger partial charge >= 0.3 is 12.1 Å². The topological polar surface area (TPSA) is 99.2 Å². The monoisotopic (exact) mass is 430 g/mol. The van der Waals surface area contributed by atoms with Crippen LogP contribution in [0.5, 0.6) is 0 Å². The number of rotatable bonds is 2. The first-order chi connectivity index (χ1) is 13.9. The lowest BCUT2D eigenvalue weighted by Gasteiger charge is -2.27. The third-order valence-corrected chi connectivity index (χ3v) is 6.35. The molecule has 166 valence electrons. The molecule has 0 radical (unpaired) electrons. The number of fused-ring (bicyclic) bond motifs is 2. The van der Waals surface area contributed by atoms with Crippen LogP contribution < -0.4 is 0 Å². The minimum Gasteiger partial charge on any atom is -0.475 e. The summed E-state index contributed by atoms with van der Waals surface area (Å²) in [6.07, 6.45) is -3.08. The Morgan fingerprint density at radius 1 is 1.30 bits per heavy atom. The van der Waals surface area contributed by atoms with Crippen molar-refractivity contribution in [3.63, 3.8) is 0 Å². The summed E-state index contributed by atoms with van der Waals surface area (Å²) in [6, 6.07) is 0. The fraction of sp³-hybridized carbons (Fsp3) is 0.684. The maximum absolute atomic E-state index is 12.8. The Morgan fingerprint density at radius 2 is 1.93 bits per heavy atom. The summed E-state index contributed by atoms with van der Waals surface area (Å²) in [5.41, 5.74) is 1.67. The van der Waals surface area contributed by atoms with Crippen LogP contribution in [-0.4, -0.2) is 69.6 Å². The number of amides is 1. The van der Waals surface area contributed by atoms with Gasteiger partial charge in [0.2, 0.25) is 0 Å². The summed E-state index contributed by atoms with van der Waals surface area (Å²) < 4.78 is 37.0. The number of hydrogen-bond acceptors (Lipinski definition) is 6. The number of alkyl halides is 3. The van der Waals surface area contributed by atoms with Gasteiger partial charge in [-0.2, -0.15) is 13.2 Å². The predicted molar refractivity (Wildman–Crippen MR) is 99.8 cm³/mol. The highest BCUT2D eigenvalue weighted by atomic mass is 19.4. The Balaban J connectivity index is 0.000000318. The number of aryl methyl sites for hydroxylation is 2. The quantitative estimate of drug-likeness (QED) is 0.774. The first kappa shape index (κ1) is 22.3. The molecule has 4 rings (SSSR count). The van der Waals surface area contributed by atoms with Gasteiger partial charge in [0, 0.05) is 38.2 Å². The van der Waals surface area contributed by atoms with Crippen LogP contribution in [0.15, 0.2) is 9.52 Å². The zero-order valence-electron chi connectivity index (χ0n) is 17.3. The molecule has 11 heteroatoms. The van der Waals surface area contributed by atoms with Crippen LogP contribution in [0.2, 0.25) is 0 Å². The predicted octanol–water partition coefficient (Wildman–Crippen LogP) is 2.40. The number of aliphatic imine (C=N–C) groups is 1. The van der Waals surface area contributed by atoms with Crippen molar-refractivity contribution < 1.29 is 32.4 Å². The van der Waals surface area contributed by atoms with E-state index in [9.17, 15) is 18.0 Å². The minimum atomic E-state index is -5.08. The number of halogens is 3. The second kappa shape index (κ2) is 7.68. The molecule has 1 saturated heterocycles. The Bertz CT molecular complexity index is 862. The molecule has 2 fully saturated rings. The van der Waals surface area contributed by atoms with Crippen molar-refractivity contribution in [1.29, 1.82) is 0 Å². The number of hydrogen-bond donors (Lipinski definition) is 1. The number of likely N-dealkylation sites (tertiary alicyclic amines) is 1. The number of likely N-dealkylation sites (N-methyl/N-ethyl adjacent to an activating group) is 1. The molecule has 30 heavy (non-hydrogen) atoms. The summed E-state index contributed by atoms with van der Waals surface area (Å²) in [4.78, 5) is 30.7. The number of carboxylic acids is 1. The van der Waals surface area contributed by atoms with Crippen molar-refractivity contribution in [1.82, 2.24) is 15.0 Å². The third kappa shape index (κ3) is 3.82. The molecule has 1 N–H and O–H groups in total. The zero-order chi connectivity index (χ0) is 22.4. The van der Waals surface area contributed by atoms with Crippen LogP contribution >= 0.6 is 0 Å². The largest absolute Gasteiger partial charge is 0.490 e. The van der Waals surface area contributed by atoms with Gasteiger partial charge in [0.25, 0.3) is 5.91 Å². The number of aromatic nitrogens is 1. The first-order valence-electron chi connectivity index (χ1n) is 9.65. The smallest absolute Gasteiger partial charge is 0.475 e. The van der Waals surface area contributed by atoms with E-state index >= 15 is 0 Å². The summed E-state index contributed by atoms with van der Waals surface area (Å²) in [6.45, 7) is 8.74. The molecule has 3 atom stereocenters. The number of carbonyl (C=O) groups is 2. The molecule has 2 aliphatic heterocycles. The van der Waals surface area contributed by atoms with Gasteiger partial charge in [-0.15, -0.1) is 0 Å². The molecule has 1 aliphatic carbocycles. The molecular formula is C19H25F3N4O4. The van der Waals surface area contributed by atoms with Gasteiger partial charge in [0.05, 0.1) is 5.69 Å². The van der Waals surface area contributed by atoms with Crippen molar-refractivity contribution >= 4 is 17.7 Å². The lowest BCUT2D eigenvalue weighted by Crippen LogP contribution is -2.45. The van der Waals surface area contributed by atoms with E-state index in [1.807, 2.05) is 27.8 Å². The van der Waals surface area contributed by atoms with Gasteiger partial charge in [-0.1, -0.05) is 5.16 Å². The van der Waals surface area contributed by atoms with Gasteiger partial charge in [0.1, 0.15) is 17.1 Å². The van der Waals surface area contributed by atoms with Crippen molar-refractivity contribution in [2.45, 2.75) is 51.9 Å². The van der Waals surface area contributed by atoms with Crippen LogP contribution in [0.4, 0.5) is 13.2 Å². The average molecular weight is 430 g/mol. The molecule has 0 unspecified atom stereocenters. The minimum absolute atomic E-state index is 0.196. The molecule has 0 aromatic carbocycles. The molecule has 1 aromatic heterocycles. The van der Waals surface area contributed by atoms with E-state index in [2.05, 4.69) is 10.1 Å². The molecular weight excluding hydrogens is 405 g/mol. The third-order valence-electron chi connectivity index (χ3n) is 6.35. The van der Waals surface area contributed by atoms with Gasteiger partial charge in [-0.05, 0) is 39.5 Å². The number of aliphatic carboxylic acids is 1. The molecule has 1 saturated carbocycles. The lowest BCUT2D eigenvalue weighted by molar-refractivity contribution is -0.192. The van der Waals surface area contributed by atoms with E-state index in [-0.39, 0.29) is 5.91 Å². The summed E-state index contributed by atoms with van der Waals surface area (Å²) in [5, 5.41) is 11.2. The fourth-order valence-electron chi connectivity index (χ4n) is 4.72. The van der Waals surface area contributed by atoms with Gasteiger partial charge in [-0.3, -0.25) is 14.7 Å². The SMILES string of the molecule is CC1=N[C@@]2(CC[C@@H]3CN(Cc4c(C)noc4C)C[C@@H]32)C(=O)N1C.O=C(O)C(F)(F)F. The van der Waals surface area contributed by atoms with Crippen molar-refractivity contribution in [2.75, 3.05) is 20.1 Å². The highest BCUT2D eigenvalue weighted by molar-refractivity contribution is 6.07. The highest BCUT2D eigenvalue weighted by Crippen LogP contribution is 2.50. The number of amidine groups is 1. The second-order valence-electron chi connectivity index (χ2n) is 8.15. The van der Waals surface area contributed by atoms with Gasteiger partial charge in [-0.25, -0.2) is 4.79 Å². The van der Waals surface area contributed by atoms with E-state index in [1.165, 1.54) is 5.56 Å². The Morgan fingerprint density at radius 3 is 2.40 bits per heavy atom. The van der Waals surface area contributed by atoms with Crippen LogP contribution in [0, 0.1) is 25.7 Å². The van der Waals surface area contributed by atoms with E-state index in [0.717, 1.165) is 49.8 Å². The maximum atomic E-state index is 12.8. The summed E-state index contributed by atoms with van der Waals surface area (Å²) in [7, 11) is 1.85. The van der Waals surface area contributed by atoms with Crippen LogP contribution in [0.1, 0.15) is 36.8 Å². The summed E-state index contributed by atoms with van der Waals surface area (Å²) in [5.74, 6) is 0.117. The van der Waals surface area contributed by atoms with E-state index in [4.69, 9.17) is 19.4 Å². The zero-order valence-corrected chi connectivity index (χ0v) is 17.3. The molecule has 0 bridgehead atoms. The Kier molecular flexibility index (Phi) is 5.70. The molecule has 3 aliphatic rings. The van der Waals surface area contributed by atoms with E-state index in [0.29, 0.717) is 11.8 Å². The molecule has 3 heterocycles. The molecule has 1 amide bonds. The Hall–Kier alpha value is -2.43. The molecule has 8 nitrogen and oxygen atoms in total. The summed E-state index contributed by atoms with van der Waals surface area (Å²) >= 11 is 0. The second-order valence-corrected chi connectivity index (χ2v) is 8.15. The van der Waals surface area contributed by atoms with E-state index in [1.54, 1.807) is 4.90 Å². The first-order valence-corrected chi connectivity index (χ1v) is 9.65. The molecule has 1 aromatic rings. The normalized spacial score (nSPS) is 28.6. The van der Waals surface area contributed by atoms with Crippen LogP contribution in [0.3, 0.4) is 0 Å². The number of carboxylic acid groups (broad SMARTS) is 1. The fourth-order valence-corrected chi connectivity index (χ4v) is 4.72. The van der Waals surface area contributed by atoms with E-state index < -0.39 is 17.7 Å². The molecule has 1 spiro atoms. The van der Waals surface area contributed by atoms with Crippen molar-refractivity contribution in [3.8, 4) is 0 Å². The Labute approximate surface area is 171 Å². The van der Waals surface area contributed by atoms with Crippen LogP contribution in [-0.2, 0) is 16.1 Å². The average Bonchev–Trinajstić information content (AvgIpc) is 3.35. The van der Waals surface area contributed by atoms with Crippen LogP contribution in [0.25, 0.3) is 0 Å². The lowest BCUT2D eigenvalue weighted by atomic mass is 9.85. The maximum Gasteiger partial charge on any atom is 0.490 e. The highest BCUT2D eigenvalue weighted by Gasteiger charge is 2.60. The number of nitrogens with zero attached hydrogens (tertiary/aromatic N) is 4. The standard InChI is InChI=1S/C17H24N4O2.C2HF3O2/c1-10-14(11(2)23-19-10)8-21-7-13-5-6-17(15(13)9-21)16(22)20(4)12(3)18-17;3-2(4,5)1(6)7/h13,15H,5-9H2,1-4H3;(H,6,7)/t13-,15+,17-;/m1./s1. The number of carbonyl (C=O) groups excluding carboxylic acids is 1. The van der Waals surface area contributed by atoms with Crippen molar-refractivity contribution in [2.24, 2.45) is 16.8 Å². The van der Waals surface area contributed by atoms with Gasteiger partial charge < -0.3 is 14.5 Å². The van der Waals surface area contributed by atoms with Crippen molar-refractivity contribution in [3.05, 3.63) is 17.0 Å².